The second-order valence-corrected chi connectivity index (χ2v) is 8.25. The summed E-state index contributed by atoms with van der Waals surface area (Å²) in [6.07, 6.45) is 14.5. The van der Waals surface area contributed by atoms with Crippen molar-refractivity contribution >= 4 is 12.2 Å². The molecule has 0 saturated carbocycles. The molecule has 6 unspecified atom stereocenters. The topological polar surface area (TPSA) is 58.9 Å². The Hall–Kier alpha value is -1.49. The number of carboxylic acid groups (broad SMARTS) is 1. The van der Waals surface area contributed by atoms with Crippen molar-refractivity contribution in [3.8, 4) is 0 Å². The molecule has 1 aliphatic heterocycles. The lowest BCUT2D eigenvalue weighted by atomic mass is 9.66. The van der Waals surface area contributed by atoms with E-state index in [9.17, 15) is 9.18 Å². The number of rotatable bonds is 7. The smallest absolute Gasteiger partial charge is 0.303 e. The van der Waals surface area contributed by atoms with Crippen LogP contribution >= 0.6 is 0 Å². The highest BCUT2D eigenvalue weighted by molar-refractivity contribution is 5.66. The van der Waals surface area contributed by atoms with Gasteiger partial charge in [0, 0.05) is 32.2 Å². The Morgan fingerprint density at radius 3 is 2.81 bits per heavy atom. The lowest BCUT2D eigenvalue weighted by Gasteiger charge is -2.40. The number of alkyl halides is 1. The highest BCUT2D eigenvalue weighted by atomic mass is 19.1. The van der Waals surface area contributed by atoms with Crippen LogP contribution in [0.5, 0.6) is 0 Å². The van der Waals surface area contributed by atoms with Crippen LogP contribution in [0.2, 0.25) is 0 Å². The Morgan fingerprint density at radius 2 is 2.15 bits per heavy atom. The van der Waals surface area contributed by atoms with E-state index in [-0.39, 0.29) is 37.0 Å². The van der Waals surface area contributed by atoms with Gasteiger partial charge in [-0.15, -0.1) is 0 Å². The van der Waals surface area contributed by atoms with Gasteiger partial charge in [-0.1, -0.05) is 18.2 Å². The fourth-order valence-corrected chi connectivity index (χ4v) is 5.21. The highest BCUT2D eigenvalue weighted by Crippen LogP contribution is 2.43. The molecule has 0 fully saturated rings. The molecule has 5 heteroatoms. The van der Waals surface area contributed by atoms with Crippen LogP contribution in [0.3, 0.4) is 0 Å². The van der Waals surface area contributed by atoms with E-state index < -0.39 is 5.97 Å². The minimum atomic E-state index is -0.752. The molecule has 0 spiro atoms. The Labute approximate surface area is 161 Å². The van der Waals surface area contributed by atoms with E-state index in [2.05, 4.69) is 29.4 Å². The zero-order valence-corrected chi connectivity index (χ0v) is 16.2. The van der Waals surface area contributed by atoms with Crippen molar-refractivity contribution in [3.63, 3.8) is 0 Å². The fourth-order valence-electron chi connectivity index (χ4n) is 5.21. The molecular formula is C22H32FNO3. The lowest BCUT2D eigenvalue weighted by Crippen LogP contribution is -2.33. The van der Waals surface area contributed by atoms with Crippen molar-refractivity contribution in [1.82, 2.24) is 0 Å². The Kier molecular flexibility index (Phi) is 7.22. The van der Waals surface area contributed by atoms with Crippen LogP contribution < -0.4 is 0 Å². The molecule has 0 saturated heterocycles. The number of ether oxygens (including phenoxy) is 1. The van der Waals surface area contributed by atoms with Crippen LogP contribution in [-0.4, -0.2) is 43.7 Å². The average molecular weight is 378 g/mol. The van der Waals surface area contributed by atoms with Crippen molar-refractivity contribution < 1.29 is 19.0 Å². The number of carbonyl (C=O) groups is 1. The van der Waals surface area contributed by atoms with Crippen LogP contribution in [0.25, 0.3) is 0 Å². The molecule has 2 aliphatic carbocycles. The molecule has 0 bridgehead atoms. The number of aliphatic carboxylic acids is 1. The molecule has 4 nitrogen and oxygen atoms in total. The van der Waals surface area contributed by atoms with Gasteiger partial charge in [-0.05, 0) is 67.8 Å². The number of allylic oxidation sites excluding steroid dienone is 3. The molecule has 0 aromatic rings. The van der Waals surface area contributed by atoms with Gasteiger partial charge in [0.2, 0.25) is 0 Å². The number of hydrogen-bond donors (Lipinski definition) is 1. The highest BCUT2D eigenvalue weighted by Gasteiger charge is 2.36. The zero-order chi connectivity index (χ0) is 19.2. The van der Waals surface area contributed by atoms with E-state index in [1.54, 1.807) is 7.11 Å². The van der Waals surface area contributed by atoms with Crippen molar-refractivity contribution in [2.75, 3.05) is 20.3 Å². The predicted molar refractivity (Wildman–Crippen MR) is 105 cm³/mol. The van der Waals surface area contributed by atoms with Crippen molar-refractivity contribution in [1.29, 1.82) is 0 Å². The molecular weight excluding hydrogens is 345 g/mol. The molecule has 0 radical (unpaired) electrons. The molecule has 0 amide bonds. The van der Waals surface area contributed by atoms with E-state index in [4.69, 9.17) is 9.84 Å². The number of carboxylic acids is 1. The third-order valence-corrected chi connectivity index (χ3v) is 6.66. The molecule has 27 heavy (non-hydrogen) atoms. The largest absolute Gasteiger partial charge is 0.481 e. The summed E-state index contributed by atoms with van der Waals surface area (Å²) in [4.78, 5) is 15.5. The van der Waals surface area contributed by atoms with Crippen LogP contribution in [0.15, 0.2) is 28.8 Å². The monoisotopic (exact) mass is 377 g/mol. The Morgan fingerprint density at radius 1 is 1.30 bits per heavy atom. The predicted octanol–water partition coefficient (Wildman–Crippen LogP) is 4.46. The number of nitrogens with zero attached hydrogens (tertiary/aromatic N) is 1. The Balaban J connectivity index is 1.75. The molecule has 0 aromatic heterocycles. The van der Waals surface area contributed by atoms with Gasteiger partial charge in [0.15, 0.2) is 0 Å². The minimum Gasteiger partial charge on any atom is -0.481 e. The standard InChI is InChI=1S/C22H32FNO3/c1-27-19-6-8-20(16(12-19)5-9-22(25)26)15-4-7-21(18(11-15)13-23)17-3-2-10-24-14-17/h6,8,11,14-17,19-21H,2-5,7,9-10,12-13H2,1H3,(H,25,26). The molecule has 6 atom stereocenters. The van der Waals surface area contributed by atoms with Gasteiger partial charge in [0.1, 0.15) is 6.67 Å². The average Bonchev–Trinajstić information content (AvgIpc) is 2.72. The van der Waals surface area contributed by atoms with Gasteiger partial charge in [-0.3, -0.25) is 9.79 Å². The van der Waals surface area contributed by atoms with Crippen LogP contribution in [0.4, 0.5) is 4.39 Å². The quantitative estimate of drug-likeness (QED) is 0.666. The maximum atomic E-state index is 13.9. The third kappa shape index (κ3) is 5.07. The molecule has 1 heterocycles. The number of halogens is 1. The van der Waals surface area contributed by atoms with E-state index in [0.717, 1.165) is 44.2 Å². The molecule has 0 aromatic carbocycles. The first-order valence-corrected chi connectivity index (χ1v) is 10.3. The van der Waals surface area contributed by atoms with Gasteiger partial charge >= 0.3 is 5.97 Å². The van der Waals surface area contributed by atoms with Crippen molar-refractivity contribution in [2.45, 2.75) is 51.0 Å². The second-order valence-electron chi connectivity index (χ2n) is 8.25. The summed E-state index contributed by atoms with van der Waals surface area (Å²) in [5.41, 5.74) is 0.934. The SMILES string of the molecule is COC1C=CC(C2C=C(CF)C(C3C=NCCC3)CC2)C(CCC(=O)O)C1. The van der Waals surface area contributed by atoms with E-state index >= 15 is 0 Å². The van der Waals surface area contributed by atoms with Gasteiger partial charge < -0.3 is 9.84 Å². The first-order valence-electron chi connectivity index (χ1n) is 10.3. The van der Waals surface area contributed by atoms with Gasteiger partial charge in [0.05, 0.1) is 6.10 Å². The van der Waals surface area contributed by atoms with Gasteiger partial charge in [-0.2, -0.15) is 0 Å². The molecule has 3 rings (SSSR count). The summed E-state index contributed by atoms with van der Waals surface area (Å²) >= 11 is 0. The summed E-state index contributed by atoms with van der Waals surface area (Å²) in [5.74, 6) is 0.749. The summed E-state index contributed by atoms with van der Waals surface area (Å²) < 4.78 is 19.3. The van der Waals surface area contributed by atoms with Crippen LogP contribution in [0.1, 0.15) is 44.9 Å². The van der Waals surface area contributed by atoms with E-state index in [1.807, 2.05) is 0 Å². The van der Waals surface area contributed by atoms with Crippen LogP contribution in [-0.2, 0) is 9.53 Å². The minimum absolute atomic E-state index is 0.0551. The normalized spacial score (nSPS) is 36.4. The van der Waals surface area contributed by atoms with Crippen molar-refractivity contribution in [3.05, 3.63) is 23.8 Å². The molecule has 3 aliphatic rings. The summed E-state index contributed by atoms with van der Waals surface area (Å²) in [5, 5.41) is 9.10. The van der Waals surface area contributed by atoms with Crippen LogP contribution in [0, 0.1) is 29.6 Å². The maximum absolute atomic E-state index is 13.9. The fraction of sp³-hybridized carbons (Fsp3) is 0.727. The first-order chi connectivity index (χ1) is 13.1. The van der Waals surface area contributed by atoms with E-state index in [0.29, 0.717) is 18.3 Å². The molecule has 150 valence electrons. The third-order valence-electron chi connectivity index (χ3n) is 6.66. The zero-order valence-electron chi connectivity index (χ0n) is 16.2. The molecule has 1 N–H and O–H groups in total. The summed E-state index contributed by atoms with van der Waals surface area (Å²) in [6, 6.07) is 0. The number of aliphatic imine (C=N–C) groups is 1. The van der Waals surface area contributed by atoms with Gasteiger partial charge in [0.25, 0.3) is 0 Å². The Bertz CT molecular complexity index is 600. The van der Waals surface area contributed by atoms with E-state index in [1.165, 1.54) is 0 Å². The first kappa shape index (κ1) is 20.2. The lowest BCUT2D eigenvalue weighted by molar-refractivity contribution is -0.137. The summed E-state index contributed by atoms with van der Waals surface area (Å²) in [6.45, 7) is 0.516. The second kappa shape index (κ2) is 9.63. The maximum Gasteiger partial charge on any atom is 0.303 e. The summed E-state index contributed by atoms with van der Waals surface area (Å²) in [7, 11) is 1.70. The number of hydrogen-bond acceptors (Lipinski definition) is 3. The van der Waals surface area contributed by atoms with Gasteiger partial charge in [-0.25, -0.2) is 4.39 Å². The number of methoxy groups -OCH3 is 1. The van der Waals surface area contributed by atoms with Crippen molar-refractivity contribution in [2.24, 2.45) is 34.6 Å².